The van der Waals surface area contributed by atoms with E-state index in [1.807, 2.05) is 0 Å². The minimum Gasteiger partial charge on any atom is -0.288 e. The standard InChI is InChI=1S/C5H10N2O/c1-4-6-5(2)7(3)8/h4,8H,1H2,2-3H3. The number of hydrogen-bond donors (Lipinski definition) is 1. The van der Waals surface area contributed by atoms with Crippen LogP contribution in [0.25, 0.3) is 0 Å². The van der Waals surface area contributed by atoms with Crippen molar-refractivity contribution in [2.75, 3.05) is 7.05 Å². The smallest absolute Gasteiger partial charge is 0.125 e. The normalized spacial score (nSPS) is 11.1. The molecule has 0 radical (unpaired) electrons. The van der Waals surface area contributed by atoms with E-state index in [2.05, 4.69) is 11.6 Å². The quantitative estimate of drug-likeness (QED) is 0.312. The van der Waals surface area contributed by atoms with Gasteiger partial charge in [0.2, 0.25) is 0 Å². The van der Waals surface area contributed by atoms with Crippen LogP contribution >= 0.6 is 0 Å². The van der Waals surface area contributed by atoms with Crippen molar-refractivity contribution in [3.8, 4) is 0 Å². The fraction of sp³-hybridized carbons (Fsp3) is 0.400. The van der Waals surface area contributed by atoms with E-state index in [0.29, 0.717) is 5.84 Å². The van der Waals surface area contributed by atoms with Crippen molar-refractivity contribution in [1.82, 2.24) is 5.06 Å². The average molecular weight is 114 g/mol. The molecule has 46 valence electrons. The highest BCUT2D eigenvalue weighted by molar-refractivity contribution is 5.78. The fourth-order valence-electron chi connectivity index (χ4n) is 0.216. The predicted molar refractivity (Wildman–Crippen MR) is 32.9 cm³/mol. The molecule has 0 aliphatic carbocycles. The van der Waals surface area contributed by atoms with Gasteiger partial charge in [-0.1, -0.05) is 6.58 Å². The van der Waals surface area contributed by atoms with Crippen LogP contribution in [0.1, 0.15) is 6.92 Å². The van der Waals surface area contributed by atoms with E-state index >= 15 is 0 Å². The molecular weight excluding hydrogens is 104 g/mol. The van der Waals surface area contributed by atoms with Gasteiger partial charge in [-0.3, -0.25) is 5.21 Å². The largest absolute Gasteiger partial charge is 0.288 e. The summed E-state index contributed by atoms with van der Waals surface area (Å²) in [6.07, 6.45) is 1.38. The Balaban J connectivity index is 3.78. The van der Waals surface area contributed by atoms with Crippen molar-refractivity contribution < 1.29 is 5.21 Å². The Bertz CT molecular complexity index is 107. The summed E-state index contributed by atoms with van der Waals surface area (Å²) in [4.78, 5) is 3.68. The predicted octanol–water partition coefficient (Wildman–Crippen LogP) is 0.869. The van der Waals surface area contributed by atoms with Gasteiger partial charge in [0.15, 0.2) is 0 Å². The number of aliphatic imine (C=N–C) groups is 1. The summed E-state index contributed by atoms with van der Waals surface area (Å²) in [6, 6.07) is 0. The Labute approximate surface area is 48.9 Å². The van der Waals surface area contributed by atoms with E-state index in [0.717, 1.165) is 5.06 Å². The minimum absolute atomic E-state index is 0.528. The van der Waals surface area contributed by atoms with E-state index in [-0.39, 0.29) is 0 Å². The third-order valence-electron chi connectivity index (χ3n) is 0.746. The van der Waals surface area contributed by atoms with Gasteiger partial charge in [-0.2, -0.15) is 0 Å². The first-order valence-corrected chi connectivity index (χ1v) is 2.26. The Morgan fingerprint density at radius 1 is 1.88 bits per heavy atom. The number of nitrogens with zero attached hydrogens (tertiary/aromatic N) is 2. The molecule has 8 heavy (non-hydrogen) atoms. The molecule has 0 saturated carbocycles. The first-order valence-electron chi connectivity index (χ1n) is 2.26. The number of amidine groups is 1. The first-order chi connectivity index (χ1) is 3.68. The molecule has 0 unspecified atom stereocenters. The van der Waals surface area contributed by atoms with Crippen LogP contribution in [0.3, 0.4) is 0 Å². The summed E-state index contributed by atoms with van der Waals surface area (Å²) in [5.41, 5.74) is 0. The third kappa shape index (κ3) is 2.36. The molecule has 0 aliphatic heterocycles. The van der Waals surface area contributed by atoms with Crippen LogP contribution < -0.4 is 0 Å². The molecule has 1 N–H and O–H groups in total. The average Bonchev–Trinajstić information content (AvgIpc) is 1.67. The first kappa shape index (κ1) is 7.17. The molecule has 0 atom stereocenters. The van der Waals surface area contributed by atoms with Crippen molar-refractivity contribution in [3.63, 3.8) is 0 Å². The van der Waals surface area contributed by atoms with E-state index in [1.165, 1.54) is 13.2 Å². The molecule has 0 rings (SSSR count). The van der Waals surface area contributed by atoms with Gasteiger partial charge in [0.1, 0.15) is 5.84 Å². The molecule has 0 aromatic rings. The van der Waals surface area contributed by atoms with E-state index < -0.39 is 0 Å². The lowest BCUT2D eigenvalue weighted by molar-refractivity contribution is 0.0129. The van der Waals surface area contributed by atoms with Crippen LogP contribution in [0.5, 0.6) is 0 Å². The maximum atomic E-state index is 8.61. The minimum atomic E-state index is 0.528. The van der Waals surface area contributed by atoms with Crippen LogP contribution in [0.2, 0.25) is 0 Å². The highest BCUT2D eigenvalue weighted by Crippen LogP contribution is 1.80. The van der Waals surface area contributed by atoms with Gasteiger partial charge in [-0.05, 0) is 6.92 Å². The zero-order valence-electron chi connectivity index (χ0n) is 5.13. The van der Waals surface area contributed by atoms with Gasteiger partial charge in [-0.15, -0.1) is 0 Å². The fourth-order valence-corrected chi connectivity index (χ4v) is 0.216. The second-order valence-electron chi connectivity index (χ2n) is 1.38. The lowest BCUT2D eigenvalue weighted by Crippen LogP contribution is -2.18. The molecule has 3 heteroatoms. The van der Waals surface area contributed by atoms with Crippen molar-refractivity contribution in [3.05, 3.63) is 12.8 Å². The third-order valence-corrected chi connectivity index (χ3v) is 0.746. The molecule has 0 amide bonds. The Morgan fingerprint density at radius 2 is 2.38 bits per heavy atom. The molecule has 3 nitrogen and oxygen atoms in total. The van der Waals surface area contributed by atoms with Gasteiger partial charge < -0.3 is 0 Å². The highest BCUT2D eigenvalue weighted by Gasteiger charge is 1.88. The second kappa shape index (κ2) is 3.21. The number of hydrogen-bond acceptors (Lipinski definition) is 2. The Hall–Kier alpha value is -0.830. The second-order valence-corrected chi connectivity index (χ2v) is 1.38. The lowest BCUT2D eigenvalue weighted by Gasteiger charge is -2.06. The molecule has 0 bridgehead atoms. The zero-order chi connectivity index (χ0) is 6.57. The SMILES string of the molecule is C=CN=C(C)N(C)O. The molecule has 0 fully saturated rings. The molecule has 0 saturated heterocycles. The lowest BCUT2D eigenvalue weighted by atomic mass is 10.7. The molecule has 0 spiro atoms. The van der Waals surface area contributed by atoms with Crippen LogP contribution in [0, 0.1) is 0 Å². The van der Waals surface area contributed by atoms with Gasteiger partial charge in [0.25, 0.3) is 0 Å². The van der Waals surface area contributed by atoms with E-state index in [4.69, 9.17) is 5.21 Å². The molecule has 0 aromatic carbocycles. The Morgan fingerprint density at radius 3 is 2.50 bits per heavy atom. The Kier molecular flexibility index (Phi) is 2.88. The van der Waals surface area contributed by atoms with E-state index in [9.17, 15) is 0 Å². The molecular formula is C5H10N2O. The van der Waals surface area contributed by atoms with Gasteiger partial charge in [0, 0.05) is 13.2 Å². The van der Waals surface area contributed by atoms with Crippen LogP contribution in [0.15, 0.2) is 17.8 Å². The monoisotopic (exact) mass is 114 g/mol. The van der Waals surface area contributed by atoms with Crippen LogP contribution in [-0.2, 0) is 0 Å². The van der Waals surface area contributed by atoms with Crippen LogP contribution in [-0.4, -0.2) is 23.2 Å². The van der Waals surface area contributed by atoms with Crippen molar-refractivity contribution in [1.29, 1.82) is 0 Å². The summed E-state index contributed by atoms with van der Waals surface area (Å²) in [6.45, 7) is 5.04. The zero-order valence-corrected chi connectivity index (χ0v) is 5.13. The van der Waals surface area contributed by atoms with Crippen molar-refractivity contribution in [2.45, 2.75) is 6.92 Å². The summed E-state index contributed by atoms with van der Waals surface area (Å²) >= 11 is 0. The highest BCUT2D eigenvalue weighted by atomic mass is 16.5. The van der Waals surface area contributed by atoms with Crippen LogP contribution in [0.4, 0.5) is 0 Å². The summed E-state index contributed by atoms with van der Waals surface area (Å²) in [5.74, 6) is 0.528. The summed E-state index contributed by atoms with van der Waals surface area (Å²) in [7, 11) is 1.50. The molecule has 0 aromatic heterocycles. The van der Waals surface area contributed by atoms with Gasteiger partial charge >= 0.3 is 0 Å². The van der Waals surface area contributed by atoms with E-state index in [1.54, 1.807) is 6.92 Å². The topological polar surface area (TPSA) is 35.8 Å². The summed E-state index contributed by atoms with van der Waals surface area (Å²) in [5, 5.41) is 9.54. The maximum Gasteiger partial charge on any atom is 0.125 e. The number of rotatable bonds is 1. The van der Waals surface area contributed by atoms with Gasteiger partial charge in [-0.25, -0.2) is 10.1 Å². The molecule has 0 aliphatic rings. The number of hydroxylamine groups is 2. The van der Waals surface area contributed by atoms with Crippen molar-refractivity contribution >= 4 is 5.84 Å². The van der Waals surface area contributed by atoms with Crippen molar-refractivity contribution in [2.24, 2.45) is 4.99 Å². The summed E-state index contributed by atoms with van der Waals surface area (Å²) < 4.78 is 0. The van der Waals surface area contributed by atoms with Gasteiger partial charge in [0.05, 0.1) is 0 Å². The maximum absolute atomic E-state index is 8.61. The molecule has 0 heterocycles.